The van der Waals surface area contributed by atoms with Gasteiger partial charge in [-0.3, -0.25) is 14.9 Å². The molecule has 0 heterocycles. The van der Waals surface area contributed by atoms with Gasteiger partial charge in [0, 0.05) is 18.2 Å². The van der Waals surface area contributed by atoms with Gasteiger partial charge >= 0.3 is 11.7 Å². The van der Waals surface area contributed by atoms with E-state index >= 15 is 0 Å². The van der Waals surface area contributed by atoms with E-state index in [4.69, 9.17) is 19.9 Å². The number of methoxy groups -OCH3 is 1. The number of hydrogen-bond acceptors (Lipinski definition) is 7. The van der Waals surface area contributed by atoms with Crippen molar-refractivity contribution in [2.75, 3.05) is 13.7 Å². The summed E-state index contributed by atoms with van der Waals surface area (Å²) in [6, 6.07) is 7.12. The molecule has 0 atom stereocenters. The third-order valence-corrected chi connectivity index (χ3v) is 3.30. The van der Waals surface area contributed by atoms with Gasteiger partial charge in [-0.25, -0.2) is 9.18 Å². The van der Waals surface area contributed by atoms with Crippen molar-refractivity contribution in [2.24, 2.45) is 5.73 Å². The van der Waals surface area contributed by atoms with E-state index in [0.717, 1.165) is 24.3 Å². The number of primary amides is 1. The van der Waals surface area contributed by atoms with E-state index in [1.165, 1.54) is 25.3 Å². The van der Waals surface area contributed by atoms with E-state index in [1.807, 2.05) is 0 Å². The molecule has 0 aliphatic heterocycles. The number of nitro benzene ring substituents is 1. The summed E-state index contributed by atoms with van der Waals surface area (Å²) < 4.78 is 28.4. The first-order valence-electron chi connectivity index (χ1n) is 7.73. The van der Waals surface area contributed by atoms with Gasteiger partial charge in [0.2, 0.25) is 5.75 Å². The summed E-state index contributed by atoms with van der Waals surface area (Å²) in [4.78, 5) is 32.8. The SMILES string of the molecule is COc1cc(/C=C/C(=O)Oc2cc(F)ccc2[N+](=O)[O-])ccc1OCC(N)=O. The number of carbonyl (C=O) groups excluding carboxylic acids is 2. The molecule has 0 radical (unpaired) electrons. The zero-order valence-corrected chi connectivity index (χ0v) is 14.6. The molecule has 28 heavy (non-hydrogen) atoms. The van der Waals surface area contributed by atoms with Gasteiger partial charge in [-0.05, 0) is 29.8 Å². The molecule has 0 bridgehead atoms. The Labute approximate surface area is 158 Å². The van der Waals surface area contributed by atoms with Crippen molar-refractivity contribution < 1.29 is 33.1 Å². The van der Waals surface area contributed by atoms with Gasteiger partial charge in [-0.15, -0.1) is 0 Å². The van der Waals surface area contributed by atoms with Crippen LogP contribution < -0.4 is 19.9 Å². The second-order valence-electron chi connectivity index (χ2n) is 5.29. The molecule has 0 spiro atoms. The van der Waals surface area contributed by atoms with E-state index in [-0.39, 0.29) is 18.1 Å². The molecule has 0 aliphatic carbocycles. The average molecular weight is 390 g/mol. The predicted molar refractivity (Wildman–Crippen MR) is 95.4 cm³/mol. The molecule has 0 aromatic heterocycles. The number of esters is 1. The van der Waals surface area contributed by atoms with Gasteiger partial charge in [-0.2, -0.15) is 0 Å². The summed E-state index contributed by atoms with van der Waals surface area (Å²) in [5, 5.41) is 10.9. The van der Waals surface area contributed by atoms with E-state index in [9.17, 15) is 24.1 Å². The number of carbonyl (C=O) groups is 2. The lowest BCUT2D eigenvalue weighted by Crippen LogP contribution is -2.20. The fourth-order valence-corrected chi connectivity index (χ4v) is 2.08. The fourth-order valence-electron chi connectivity index (χ4n) is 2.08. The Morgan fingerprint density at radius 2 is 1.93 bits per heavy atom. The Hall–Kier alpha value is -3.95. The van der Waals surface area contributed by atoms with E-state index < -0.39 is 34.1 Å². The largest absolute Gasteiger partial charge is 0.493 e. The second-order valence-corrected chi connectivity index (χ2v) is 5.29. The second kappa shape index (κ2) is 9.12. The van der Waals surface area contributed by atoms with Crippen LogP contribution in [-0.4, -0.2) is 30.5 Å². The van der Waals surface area contributed by atoms with Crippen LogP contribution in [0.15, 0.2) is 42.5 Å². The van der Waals surface area contributed by atoms with Crippen LogP contribution in [0.4, 0.5) is 10.1 Å². The Morgan fingerprint density at radius 1 is 1.18 bits per heavy atom. The number of nitro groups is 1. The number of benzene rings is 2. The van der Waals surface area contributed by atoms with Gasteiger partial charge in [0.25, 0.3) is 5.91 Å². The Balaban J connectivity index is 2.13. The molecule has 2 rings (SSSR count). The van der Waals surface area contributed by atoms with Gasteiger partial charge in [0.15, 0.2) is 18.1 Å². The van der Waals surface area contributed by atoms with E-state index in [1.54, 1.807) is 6.07 Å². The van der Waals surface area contributed by atoms with Gasteiger partial charge in [0.1, 0.15) is 5.82 Å². The van der Waals surface area contributed by atoms with Crippen molar-refractivity contribution in [1.29, 1.82) is 0 Å². The third-order valence-electron chi connectivity index (χ3n) is 3.30. The summed E-state index contributed by atoms with van der Waals surface area (Å²) >= 11 is 0. The Bertz CT molecular complexity index is 944. The third kappa shape index (κ3) is 5.53. The molecule has 2 aromatic rings. The first kappa shape index (κ1) is 20.4. The summed E-state index contributed by atoms with van der Waals surface area (Å²) in [7, 11) is 1.39. The highest BCUT2D eigenvalue weighted by molar-refractivity contribution is 5.89. The number of halogens is 1. The zero-order valence-electron chi connectivity index (χ0n) is 14.6. The van der Waals surface area contributed by atoms with Crippen LogP contribution in [0.2, 0.25) is 0 Å². The van der Waals surface area contributed by atoms with Crippen LogP contribution in [0.3, 0.4) is 0 Å². The highest BCUT2D eigenvalue weighted by Crippen LogP contribution is 2.29. The standard InChI is InChI=1S/C18H15FN2O7/c1-26-16-8-11(2-6-14(16)27-10-17(20)22)3-7-18(23)28-15-9-12(19)4-5-13(15)21(24)25/h2-9H,10H2,1H3,(H2,20,22)/b7-3+. The number of amides is 1. The number of nitrogens with zero attached hydrogens (tertiary/aromatic N) is 1. The molecule has 0 unspecified atom stereocenters. The summed E-state index contributed by atoms with van der Waals surface area (Å²) in [5.74, 6) is -2.32. The molecule has 146 valence electrons. The first-order valence-corrected chi connectivity index (χ1v) is 7.73. The van der Waals surface area contributed by atoms with Crippen molar-refractivity contribution in [3.05, 3.63) is 64.0 Å². The molecule has 0 fully saturated rings. The van der Waals surface area contributed by atoms with Gasteiger partial charge < -0.3 is 19.9 Å². The van der Waals surface area contributed by atoms with Crippen molar-refractivity contribution in [3.63, 3.8) is 0 Å². The van der Waals surface area contributed by atoms with E-state index in [0.29, 0.717) is 5.56 Å². The number of nitrogens with two attached hydrogens (primary N) is 1. The number of rotatable bonds is 8. The van der Waals surface area contributed by atoms with Crippen molar-refractivity contribution >= 4 is 23.6 Å². The van der Waals surface area contributed by atoms with Crippen molar-refractivity contribution in [3.8, 4) is 17.2 Å². The first-order chi connectivity index (χ1) is 13.3. The number of ether oxygens (including phenoxy) is 3. The van der Waals surface area contributed by atoms with Crippen LogP contribution in [0, 0.1) is 15.9 Å². The van der Waals surface area contributed by atoms with Crippen LogP contribution in [-0.2, 0) is 9.59 Å². The minimum atomic E-state index is -0.943. The monoisotopic (exact) mass is 390 g/mol. The smallest absolute Gasteiger partial charge is 0.336 e. The molecule has 10 heteroatoms. The quantitative estimate of drug-likeness (QED) is 0.240. The van der Waals surface area contributed by atoms with Gasteiger partial charge in [0.05, 0.1) is 12.0 Å². The van der Waals surface area contributed by atoms with Crippen LogP contribution in [0.25, 0.3) is 6.08 Å². The average Bonchev–Trinajstić information content (AvgIpc) is 2.64. The Kier molecular flexibility index (Phi) is 6.63. The topological polar surface area (TPSA) is 131 Å². The van der Waals surface area contributed by atoms with E-state index in [2.05, 4.69) is 0 Å². The molecule has 2 N–H and O–H groups in total. The molecule has 0 saturated heterocycles. The van der Waals surface area contributed by atoms with Crippen molar-refractivity contribution in [1.82, 2.24) is 0 Å². The normalized spacial score (nSPS) is 10.5. The molecule has 0 aliphatic rings. The summed E-state index contributed by atoms with van der Waals surface area (Å²) in [6.07, 6.45) is 2.36. The lowest BCUT2D eigenvalue weighted by atomic mass is 10.2. The van der Waals surface area contributed by atoms with Crippen LogP contribution >= 0.6 is 0 Å². The minimum absolute atomic E-state index is 0.274. The van der Waals surface area contributed by atoms with Crippen molar-refractivity contribution in [2.45, 2.75) is 0 Å². The fraction of sp³-hybridized carbons (Fsp3) is 0.111. The molecular formula is C18H15FN2O7. The molecule has 9 nitrogen and oxygen atoms in total. The zero-order chi connectivity index (χ0) is 20.7. The summed E-state index contributed by atoms with van der Waals surface area (Å²) in [5.41, 5.74) is 4.98. The predicted octanol–water partition coefficient (Wildman–Crippen LogP) is 2.23. The molecule has 0 saturated carbocycles. The highest BCUT2D eigenvalue weighted by atomic mass is 19.1. The lowest BCUT2D eigenvalue weighted by molar-refractivity contribution is -0.385. The Morgan fingerprint density at radius 3 is 2.57 bits per heavy atom. The molecule has 1 amide bonds. The maximum absolute atomic E-state index is 13.3. The van der Waals surface area contributed by atoms with Gasteiger partial charge in [-0.1, -0.05) is 6.07 Å². The molecule has 2 aromatic carbocycles. The lowest BCUT2D eigenvalue weighted by Gasteiger charge is -2.09. The maximum Gasteiger partial charge on any atom is 0.336 e. The highest BCUT2D eigenvalue weighted by Gasteiger charge is 2.18. The summed E-state index contributed by atoms with van der Waals surface area (Å²) in [6.45, 7) is -0.329. The van der Waals surface area contributed by atoms with Crippen LogP contribution in [0.5, 0.6) is 17.2 Å². The van der Waals surface area contributed by atoms with Crippen LogP contribution in [0.1, 0.15) is 5.56 Å². The number of hydrogen-bond donors (Lipinski definition) is 1. The minimum Gasteiger partial charge on any atom is -0.493 e. The maximum atomic E-state index is 13.3. The molecular weight excluding hydrogens is 375 g/mol.